The summed E-state index contributed by atoms with van der Waals surface area (Å²) in [5.41, 5.74) is 0. The quantitative estimate of drug-likeness (QED) is 0.767. The Morgan fingerprint density at radius 2 is 2.21 bits per heavy atom. The maximum absolute atomic E-state index is 12.0. The van der Waals surface area contributed by atoms with Crippen LogP contribution < -0.4 is 5.32 Å². The van der Waals surface area contributed by atoms with Crippen molar-refractivity contribution in [2.24, 2.45) is 0 Å². The standard InChI is InChI=1S/C13H24N2O4/c1-3-10(2)15(9-12(16)17)13(18)14-8-11-6-4-5-7-19-11/h10-11H,3-9H2,1-2H3,(H,14,18)(H,16,17). The van der Waals surface area contributed by atoms with Gasteiger partial charge in [-0.2, -0.15) is 0 Å². The lowest BCUT2D eigenvalue weighted by Gasteiger charge is -2.29. The number of urea groups is 1. The van der Waals surface area contributed by atoms with Crippen molar-refractivity contribution in [3.8, 4) is 0 Å². The van der Waals surface area contributed by atoms with Crippen LogP contribution in [-0.2, 0) is 9.53 Å². The highest BCUT2D eigenvalue weighted by atomic mass is 16.5. The van der Waals surface area contributed by atoms with Crippen LogP contribution in [0, 0.1) is 0 Å². The van der Waals surface area contributed by atoms with Crippen molar-refractivity contribution in [2.45, 2.75) is 51.7 Å². The zero-order valence-electron chi connectivity index (χ0n) is 11.7. The average Bonchev–Trinajstić information content (AvgIpc) is 2.42. The van der Waals surface area contributed by atoms with Crippen molar-refractivity contribution in [3.63, 3.8) is 0 Å². The molecule has 2 unspecified atom stereocenters. The lowest BCUT2D eigenvalue weighted by molar-refractivity contribution is -0.138. The van der Waals surface area contributed by atoms with Gasteiger partial charge in [0, 0.05) is 19.2 Å². The smallest absolute Gasteiger partial charge is 0.323 e. The van der Waals surface area contributed by atoms with E-state index in [2.05, 4.69) is 5.32 Å². The van der Waals surface area contributed by atoms with E-state index in [1.807, 2.05) is 13.8 Å². The first kappa shape index (κ1) is 15.8. The van der Waals surface area contributed by atoms with Crippen LogP contribution in [-0.4, -0.2) is 53.8 Å². The fourth-order valence-electron chi connectivity index (χ4n) is 2.06. The van der Waals surface area contributed by atoms with E-state index in [1.165, 1.54) is 4.90 Å². The number of ether oxygens (including phenoxy) is 1. The number of nitrogens with zero attached hydrogens (tertiary/aromatic N) is 1. The van der Waals surface area contributed by atoms with Crippen LogP contribution in [0.25, 0.3) is 0 Å². The van der Waals surface area contributed by atoms with Gasteiger partial charge < -0.3 is 20.1 Å². The van der Waals surface area contributed by atoms with E-state index < -0.39 is 5.97 Å². The van der Waals surface area contributed by atoms with Crippen LogP contribution >= 0.6 is 0 Å². The predicted octanol–water partition coefficient (Wildman–Crippen LogP) is 1.45. The van der Waals surface area contributed by atoms with Gasteiger partial charge in [0.1, 0.15) is 6.54 Å². The van der Waals surface area contributed by atoms with E-state index in [0.717, 1.165) is 32.3 Å². The minimum atomic E-state index is -0.996. The van der Waals surface area contributed by atoms with E-state index in [9.17, 15) is 9.59 Å². The normalized spacial score (nSPS) is 20.6. The molecule has 1 aliphatic heterocycles. The predicted molar refractivity (Wildman–Crippen MR) is 71.1 cm³/mol. The van der Waals surface area contributed by atoms with Gasteiger partial charge in [0.2, 0.25) is 0 Å². The van der Waals surface area contributed by atoms with Gasteiger partial charge in [-0.15, -0.1) is 0 Å². The zero-order chi connectivity index (χ0) is 14.3. The van der Waals surface area contributed by atoms with Gasteiger partial charge in [0.15, 0.2) is 0 Å². The number of carboxylic acids is 1. The summed E-state index contributed by atoms with van der Waals surface area (Å²) in [5.74, 6) is -0.996. The van der Waals surface area contributed by atoms with Gasteiger partial charge in [-0.3, -0.25) is 4.79 Å². The molecule has 0 aromatic heterocycles. The van der Waals surface area contributed by atoms with Crippen molar-refractivity contribution in [2.75, 3.05) is 19.7 Å². The highest BCUT2D eigenvalue weighted by Crippen LogP contribution is 2.12. The topological polar surface area (TPSA) is 78.9 Å². The Hall–Kier alpha value is -1.30. The molecule has 6 heteroatoms. The first-order chi connectivity index (χ1) is 9.04. The molecule has 0 radical (unpaired) electrons. The van der Waals surface area contributed by atoms with Crippen LogP contribution in [0.2, 0.25) is 0 Å². The highest BCUT2D eigenvalue weighted by Gasteiger charge is 2.22. The number of rotatable bonds is 6. The van der Waals surface area contributed by atoms with Crippen LogP contribution in [0.1, 0.15) is 39.5 Å². The van der Waals surface area contributed by atoms with E-state index in [4.69, 9.17) is 9.84 Å². The van der Waals surface area contributed by atoms with Gasteiger partial charge >= 0.3 is 12.0 Å². The molecule has 0 bridgehead atoms. The van der Waals surface area contributed by atoms with E-state index >= 15 is 0 Å². The van der Waals surface area contributed by atoms with Gasteiger partial charge in [-0.1, -0.05) is 6.92 Å². The van der Waals surface area contributed by atoms with Gasteiger partial charge in [0.25, 0.3) is 0 Å². The van der Waals surface area contributed by atoms with Gasteiger partial charge in [0.05, 0.1) is 6.10 Å². The average molecular weight is 272 g/mol. The minimum absolute atomic E-state index is 0.0568. The van der Waals surface area contributed by atoms with Crippen molar-refractivity contribution in [1.82, 2.24) is 10.2 Å². The molecule has 2 N–H and O–H groups in total. The number of aliphatic carboxylic acids is 1. The third-order valence-corrected chi connectivity index (χ3v) is 3.44. The summed E-state index contributed by atoms with van der Waals surface area (Å²) in [6.07, 6.45) is 3.91. The molecule has 0 aromatic carbocycles. The molecule has 1 rings (SSSR count). The van der Waals surface area contributed by atoms with Crippen molar-refractivity contribution in [3.05, 3.63) is 0 Å². The van der Waals surface area contributed by atoms with Crippen molar-refractivity contribution < 1.29 is 19.4 Å². The van der Waals surface area contributed by atoms with Crippen LogP contribution in [0.5, 0.6) is 0 Å². The molecule has 0 aliphatic carbocycles. The Bertz CT molecular complexity index is 303. The number of carbonyl (C=O) groups excluding carboxylic acids is 1. The lowest BCUT2D eigenvalue weighted by atomic mass is 10.1. The molecule has 0 aromatic rings. The Morgan fingerprint density at radius 1 is 1.47 bits per heavy atom. The summed E-state index contributed by atoms with van der Waals surface area (Å²) < 4.78 is 5.53. The molecule has 2 atom stereocenters. The summed E-state index contributed by atoms with van der Waals surface area (Å²) in [4.78, 5) is 24.2. The largest absolute Gasteiger partial charge is 0.480 e. The maximum atomic E-state index is 12.0. The Balaban J connectivity index is 2.43. The molecular formula is C13H24N2O4. The fourth-order valence-corrected chi connectivity index (χ4v) is 2.06. The first-order valence-electron chi connectivity index (χ1n) is 6.92. The number of carboxylic acid groups (broad SMARTS) is 1. The molecule has 1 heterocycles. The Kier molecular flexibility index (Phi) is 6.62. The zero-order valence-corrected chi connectivity index (χ0v) is 11.7. The number of amides is 2. The molecule has 6 nitrogen and oxygen atoms in total. The summed E-state index contributed by atoms with van der Waals surface area (Å²) in [7, 11) is 0. The first-order valence-corrected chi connectivity index (χ1v) is 6.92. The third-order valence-electron chi connectivity index (χ3n) is 3.44. The highest BCUT2D eigenvalue weighted by molar-refractivity contribution is 5.80. The van der Waals surface area contributed by atoms with Crippen molar-refractivity contribution >= 4 is 12.0 Å². The fraction of sp³-hybridized carbons (Fsp3) is 0.846. The number of hydrogen-bond acceptors (Lipinski definition) is 3. The van der Waals surface area contributed by atoms with E-state index in [1.54, 1.807) is 0 Å². The van der Waals surface area contributed by atoms with Gasteiger partial charge in [-0.25, -0.2) is 4.79 Å². The number of carbonyl (C=O) groups is 2. The summed E-state index contributed by atoms with van der Waals surface area (Å²) in [5, 5.41) is 11.6. The second-order valence-corrected chi connectivity index (χ2v) is 4.95. The third kappa shape index (κ3) is 5.46. The summed E-state index contributed by atoms with van der Waals surface area (Å²) >= 11 is 0. The summed E-state index contributed by atoms with van der Waals surface area (Å²) in [6.45, 7) is 4.69. The SMILES string of the molecule is CCC(C)N(CC(=O)O)C(=O)NCC1CCCCO1. The molecule has 110 valence electrons. The second-order valence-electron chi connectivity index (χ2n) is 4.95. The molecule has 0 spiro atoms. The molecule has 1 fully saturated rings. The molecule has 1 aliphatic rings. The second kappa shape index (κ2) is 7.99. The molecule has 19 heavy (non-hydrogen) atoms. The lowest BCUT2D eigenvalue weighted by Crippen LogP contribution is -2.49. The monoisotopic (exact) mass is 272 g/mol. The van der Waals surface area contributed by atoms with E-state index in [-0.39, 0.29) is 24.7 Å². The van der Waals surface area contributed by atoms with Crippen LogP contribution in [0.4, 0.5) is 4.79 Å². The maximum Gasteiger partial charge on any atom is 0.323 e. The molecular weight excluding hydrogens is 248 g/mol. The Labute approximate surface area is 114 Å². The summed E-state index contributed by atoms with van der Waals surface area (Å²) in [6, 6.07) is -0.422. The molecule has 0 saturated carbocycles. The van der Waals surface area contributed by atoms with Crippen molar-refractivity contribution in [1.29, 1.82) is 0 Å². The molecule has 1 saturated heterocycles. The Morgan fingerprint density at radius 3 is 2.74 bits per heavy atom. The van der Waals surface area contributed by atoms with E-state index in [0.29, 0.717) is 6.54 Å². The number of hydrogen-bond donors (Lipinski definition) is 2. The minimum Gasteiger partial charge on any atom is -0.480 e. The van der Waals surface area contributed by atoms with Crippen LogP contribution in [0.15, 0.2) is 0 Å². The number of nitrogens with one attached hydrogen (secondary N) is 1. The van der Waals surface area contributed by atoms with Crippen LogP contribution in [0.3, 0.4) is 0 Å². The van der Waals surface area contributed by atoms with Gasteiger partial charge in [-0.05, 0) is 32.6 Å². The molecule has 2 amide bonds.